The predicted molar refractivity (Wildman–Crippen MR) is 71.5 cm³/mol. The van der Waals surface area contributed by atoms with Crippen molar-refractivity contribution in [1.29, 1.82) is 0 Å². The Balaban J connectivity index is 1.84. The van der Waals surface area contributed by atoms with Gasteiger partial charge < -0.3 is 9.47 Å². The van der Waals surface area contributed by atoms with E-state index in [9.17, 15) is 0 Å². The van der Waals surface area contributed by atoms with Gasteiger partial charge in [-0.3, -0.25) is 0 Å². The van der Waals surface area contributed by atoms with Crippen molar-refractivity contribution in [2.75, 3.05) is 19.8 Å². The minimum atomic E-state index is 0.549. The van der Waals surface area contributed by atoms with Gasteiger partial charge in [-0.05, 0) is 38.8 Å². The van der Waals surface area contributed by atoms with Crippen molar-refractivity contribution in [2.24, 2.45) is 5.92 Å². The summed E-state index contributed by atoms with van der Waals surface area (Å²) in [5.74, 6) is 1.46. The van der Waals surface area contributed by atoms with Crippen molar-refractivity contribution in [3.05, 3.63) is 40.9 Å². The first-order valence-corrected chi connectivity index (χ1v) is 6.51. The maximum Gasteiger partial charge on any atom is 0.134 e. The summed E-state index contributed by atoms with van der Waals surface area (Å²) < 4.78 is 12.0. The van der Waals surface area contributed by atoms with Crippen LogP contribution >= 0.6 is 15.9 Å². The molecule has 0 unspecified atom stereocenters. The van der Waals surface area contributed by atoms with Gasteiger partial charge in [0.1, 0.15) is 5.75 Å². The first kappa shape index (κ1) is 11.1. The van der Waals surface area contributed by atoms with E-state index >= 15 is 0 Å². The van der Waals surface area contributed by atoms with Crippen LogP contribution in [0.2, 0.25) is 0 Å². The van der Waals surface area contributed by atoms with Crippen LogP contribution in [0.1, 0.15) is 0 Å². The average Bonchev–Trinajstić information content (AvgIpc) is 2.27. The van der Waals surface area contributed by atoms with E-state index < -0.39 is 0 Å². The van der Waals surface area contributed by atoms with Crippen LogP contribution in [-0.2, 0) is 4.74 Å². The van der Waals surface area contributed by atoms with Gasteiger partial charge in [0, 0.05) is 5.92 Å². The van der Waals surface area contributed by atoms with E-state index in [-0.39, 0.29) is 0 Å². The summed E-state index contributed by atoms with van der Waals surface area (Å²) >= 11 is 3.55. The monoisotopic (exact) mass is 292 g/mol. The van der Waals surface area contributed by atoms with Crippen molar-refractivity contribution in [3.63, 3.8) is 0 Å². The van der Waals surface area contributed by atoms with E-state index in [1.54, 1.807) is 0 Å². The van der Waals surface area contributed by atoms with Crippen LogP contribution in [0.5, 0.6) is 5.75 Å². The first-order valence-electron chi connectivity index (χ1n) is 5.72. The number of rotatable bonds is 3. The van der Waals surface area contributed by atoms with Gasteiger partial charge in [-0.15, -0.1) is 0 Å². The zero-order valence-corrected chi connectivity index (χ0v) is 10.9. The van der Waals surface area contributed by atoms with Crippen molar-refractivity contribution < 1.29 is 9.47 Å². The molecule has 2 nitrogen and oxygen atoms in total. The van der Waals surface area contributed by atoms with Gasteiger partial charge in [-0.1, -0.05) is 24.3 Å². The van der Waals surface area contributed by atoms with Gasteiger partial charge in [0.15, 0.2) is 0 Å². The molecule has 1 fully saturated rings. The molecule has 0 aliphatic carbocycles. The van der Waals surface area contributed by atoms with Crippen LogP contribution in [0.3, 0.4) is 0 Å². The molecule has 0 spiro atoms. The van der Waals surface area contributed by atoms with Gasteiger partial charge in [0.25, 0.3) is 0 Å². The summed E-state index contributed by atoms with van der Waals surface area (Å²) in [5, 5.41) is 2.43. The third-order valence-electron chi connectivity index (χ3n) is 2.98. The summed E-state index contributed by atoms with van der Waals surface area (Å²) in [6.07, 6.45) is 0. The molecule has 2 aromatic rings. The zero-order valence-electron chi connectivity index (χ0n) is 9.36. The van der Waals surface area contributed by atoms with Crippen LogP contribution in [0, 0.1) is 5.92 Å². The Bertz CT molecular complexity index is 535. The highest BCUT2D eigenvalue weighted by atomic mass is 79.9. The predicted octanol–water partition coefficient (Wildman–Crippen LogP) is 3.63. The largest absolute Gasteiger partial charge is 0.492 e. The van der Waals surface area contributed by atoms with E-state index in [0.29, 0.717) is 5.92 Å². The maximum atomic E-state index is 5.82. The molecule has 1 heterocycles. The second-order valence-corrected chi connectivity index (χ2v) is 5.20. The quantitative estimate of drug-likeness (QED) is 0.860. The Morgan fingerprint density at radius 2 is 1.88 bits per heavy atom. The Morgan fingerprint density at radius 3 is 2.53 bits per heavy atom. The number of hydrogen-bond donors (Lipinski definition) is 0. The molecule has 0 saturated carbocycles. The molecule has 0 N–H and O–H groups in total. The van der Waals surface area contributed by atoms with E-state index in [2.05, 4.69) is 40.2 Å². The number of hydrogen-bond acceptors (Lipinski definition) is 2. The standard InChI is InChI=1S/C14H13BrO2/c15-13-5-11-3-1-2-4-12(11)6-14(13)17-9-10-7-16-8-10/h1-6,10H,7-9H2. The Kier molecular flexibility index (Phi) is 3.04. The summed E-state index contributed by atoms with van der Waals surface area (Å²) in [6, 6.07) is 12.5. The molecule has 1 aliphatic heterocycles. The molecule has 0 amide bonds. The molecule has 1 aliphatic rings. The van der Waals surface area contributed by atoms with Crippen molar-refractivity contribution >= 4 is 26.7 Å². The highest BCUT2D eigenvalue weighted by Crippen LogP contribution is 2.31. The Labute approximate surface area is 109 Å². The Morgan fingerprint density at radius 1 is 1.18 bits per heavy atom. The van der Waals surface area contributed by atoms with E-state index in [4.69, 9.17) is 9.47 Å². The summed E-state index contributed by atoms with van der Waals surface area (Å²) in [5.41, 5.74) is 0. The van der Waals surface area contributed by atoms with Crippen molar-refractivity contribution in [3.8, 4) is 5.75 Å². The van der Waals surface area contributed by atoms with Crippen LogP contribution in [0.15, 0.2) is 40.9 Å². The molecular weight excluding hydrogens is 280 g/mol. The van der Waals surface area contributed by atoms with Crippen LogP contribution in [0.4, 0.5) is 0 Å². The fourth-order valence-corrected chi connectivity index (χ4v) is 2.37. The van der Waals surface area contributed by atoms with Crippen LogP contribution in [0.25, 0.3) is 10.8 Å². The maximum absolute atomic E-state index is 5.82. The van der Waals surface area contributed by atoms with E-state index in [1.807, 2.05) is 12.1 Å². The van der Waals surface area contributed by atoms with Crippen LogP contribution < -0.4 is 4.74 Å². The normalized spacial score (nSPS) is 15.8. The summed E-state index contributed by atoms with van der Waals surface area (Å²) in [4.78, 5) is 0. The van der Waals surface area contributed by atoms with Gasteiger partial charge in [0.05, 0.1) is 24.3 Å². The second kappa shape index (κ2) is 4.67. The lowest BCUT2D eigenvalue weighted by Gasteiger charge is -2.26. The highest BCUT2D eigenvalue weighted by Gasteiger charge is 2.19. The van der Waals surface area contributed by atoms with E-state index in [1.165, 1.54) is 10.8 Å². The number of fused-ring (bicyclic) bond motifs is 1. The summed E-state index contributed by atoms with van der Waals surface area (Å²) in [6.45, 7) is 2.38. The molecule has 2 aromatic carbocycles. The Hall–Kier alpha value is -1.06. The minimum Gasteiger partial charge on any atom is -0.492 e. The minimum absolute atomic E-state index is 0.549. The van der Waals surface area contributed by atoms with Gasteiger partial charge in [-0.2, -0.15) is 0 Å². The lowest BCUT2D eigenvalue weighted by Crippen LogP contribution is -2.32. The summed E-state index contributed by atoms with van der Waals surface area (Å²) in [7, 11) is 0. The smallest absolute Gasteiger partial charge is 0.134 e. The molecule has 17 heavy (non-hydrogen) atoms. The number of benzene rings is 2. The SMILES string of the molecule is Brc1cc2ccccc2cc1OCC1COC1. The topological polar surface area (TPSA) is 18.5 Å². The lowest BCUT2D eigenvalue weighted by molar-refractivity contribution is -0.0509. The molecule has 0 bridgehead atoms. The van der Waals surface area contributed by atoms with Gasteiger partial charge in [0.2, 0.25) is 0 Å². The molecule has 3 rings (SSSR count). The average molecular weight is 293 g/mol. The third-order valence-corrected chi connectivity index (χ3v) is 3.60. The number of halogens is 1. The zero-order chi connectivity index (χ0) is 11.7. The lowest BCUT2D eigenvalue weighted by atomic mass is 10.1. The number of ether oxygens (including phenoxy) is 2. The van der Waals surface area contributed by atoms with Gasteiger partial charge >= 0.3 is 0 Å². The molecule has 88 valence electrons. The highest BCUT2D eigenvalue weighted by molar-refractivity contribution is 9.10. The molecule has 0 radical (unpaired) electrons. The first-order chi connectivity index (χ1) is 8.33. The molecule has 1 saturated heterocycles. The van der Waals surface area contributed by atoms with Crippen molar-refractivity contribution in [1.82, 2.24) is 0 Å². The fraction of sp³-hybridized carbons (Fsp3) is 0.286. The molecule has 0 atom stereocenters. The third kappa shape index (κ3) is 2.31. The van der Waals surface area contributed by atoms with Crippen molar-refractivity contribution in [2.45, 2.75) is 0 Å². The molecular formula is C14H13BrO2. The molecule has 0 aromatic heterocycles. The van der Waals surface area contributed by atoms with Crippen LogP contribution in [-0.4, -0.2) is 19.8 Å². The van der Waals surface area contributed by atoms with E-state index in [0.717, 1.165) is 30.0 Å². The fourth-order valence-electron chi connectivity index (χ4n) is 1.89. The van der Waals surface area contributed by atoms with Gasteiger partial charge in [-0.25, -0.2) is 0 Å². The second-order valence-electron chi connectivity index (χ2n) is 4.34. The molecule has 3 heteroatoms.